The second-order valence-corrected chi connectivity index (χ2v) is 10.6. The van der Waals surface area contributed by atoms with Crippen molar-refractivity contribution in [2.45, 2.75) is 32.1 Å². The normalized spacial score (nSPS) is 14.5. The average Bonchev–Trinajstić information content (AvgIpc) is 3.50. The summed E-state index contributed by atoms with van der Waals surface area (Å²) in [6.45, 7) is 8.27. The number of carboxylic acids is 1. The quantitative estimate of drug-likeness (QED) is 0.199. The standard InChI is InChI=1S/C30H22F2N4O4S/c1-33-20-6-2-17(3-7-20)16-40-28-22(31)8-9-24(34-28)19-5-4-18(23(32)12-19)13-27-35-29-25(14-26(41-29)30(37)38)36(27)15-21-10-11-39-21/h2-9,12,14,21H,10-11,13,15-16H2,(H,37,38). The van der Waals surface area contributed by atoms with Crippen LogP contribution < -0.4 is 4.74 Å². The number of rotatable bonds is 9. The maximum absolute atomic E-state index is 15.4. The van der Waals surface area contributed by atoms with Crippen molar-refractivity contribution in [1.82, 2.24) is 14.5 Å². The molecule has 5 aromatic rings. The summed E-state index contributed by atoms with van der Waals surface area (Å²) in [5.41, 5.74) is 3.15. The Hall–Kier alpha value is -4.66. The van der Waals surface area contributed by atoms with Crippen molar-refractivity contribution in [2.75, 3.05) is 6.61 Å². The number of ether oxygens (including phenoxy) is 2. The maximum atomic E-state index is 15.4. The average molecular weight is 573 g/mol. The SMILES string of the molecule is [C-]#[N+]c1ccc(COc2nc(-c3ccc(Cc4nc5sc(C(=O)O)cc5n4CC4CCO4)c(F)c3)ccc2F)cc1. The molecule has 0 bridgehead atoms. The summed E-state index contributed by atoms with van der Waals surface area (Å²) in [5.74, 6) is -1.72. The van der Waals surface area contributed by atoms with E-state index in [1.165, 1.54) is 18.2 Å². The topological polar surface area (TPSA) is 90.8 Å². The van der Waals surface area contributed by atoms with Crippen LogP contribution in [0.5, 0.6) is 5.88 Å². The van der Waals surface area contributed by atoms with Crippen LogP contribution in [0.2, 0.25) is 0 Å². The van der Waals surface area contributed by atoms with E-state index in [1.807, 2.05) is 4.57 Å². The second kappa shape index (κ2) is 11.1. The molecular formula is C30H22F2N4O4S. The third-order valence-corrected chi connectivity index (χ3v) is 7.88. The number of carboxylic acid groups (broad SMARTS) is 1. The van der Waals surface area contributed by atoms with Crippen LogP contribution in [0.25, 0.3) is 26.4 Å². The molecule has 1 aliphatic rings. The van der Waals surface area contributed by atoms with Crippen LogP contribution in [0.15, 0.2) is 60.7 Å². The monoisotopic (exact) mass is 572 g/mol. The van der Waals surface area contributed by atoms with E-state index in [0.29, 0.717) is 51.8 Å². The van der Waals surface area contributed by atoms with Gasteiger partial charge in [-0.1, -0.05) is 36.4 Å². The third-order valence-electron chi connectivity index (χ3n) is 6.87. The molecule has 2 aromatic carbocycles. The molecule has 0 amide bonds. The molecule has 0 saturated carbocycles. The Morgan fingerprint density at radius 3 is 2.61 bits per heavy atom. The van der Waals surface area contributed by atoms with Crippen LogP contribution in [-0.2, 0) is 24.3 Å². The fraction of sp³-hybridized carbons (Fsp3) is 0.200. The van der Waals surface area contributed by atoms with Gasteiger partial charge in [0, 0.05) is 18.6 Å². The summed E-state index contributed by atoms with van der Waals surface area (Å²) in [4.78, 5) is 24.5. The molecule has 1 N–H and O–H groups in total. The highest BCUT2D eigenvalue weighted by Gasteiger charge is 2.24. The Bertz CT molecular complexity index is 1810. The highest BCUT2D eigenvalue weighted by atomic mass is 32.1. The Morgan fingerprint density at radius 2 is 1.93 bits per heavy atom. The van der Waals surface area contributed by atoms with Gasteiger partial charge in [0.15, 0.2) is 11.5 Å². The second-order valence-electron chi connectivity index (χ2n) is 9.56. The van der Waals surface area contributed by atoms with E-state index >= 15 is 4.39 Å². The Kier molecular flexibility index (Phi) is 7.17. The van der Waals surface area contributed by atoms with Crippen molar-refractivity contribution in [2.24, 2.45) is 0 Å². The largest absolute Gasteiger partial charge is 0.477 e. The molecule has 4 heterocycles. The summed E-state index contributed by atoms with van der Waals surface area (Å²) in [5, 5.41) is 9.38. The van der Waals surface area contributed by atoms with Crippen LogP contribution in [0.3, 0.4) is 0 Å². The van der Waals surface area contributed by atoms with E-state index in [0.717, 1.165) is 23.3 Å². The van der Waals surface area contributed by atoms with Crippen molar-refractivity contribution in [3.05, 3.63) is 106 Å². The summed E-state index contributed by atoms with van der Waals surface area (Å²) < 4.78 is 42.9. The lowest BCUT2D eigenvalue weighted by atomic mass is 10.0. The molecule has 41 heavy (non-hydrogen) atoms. The number of hydrogen-bond acceptors (Lipinski definition) is 6. The number of imidazole rings is 1. The first kappa shape index (κ1) is 26.6. The fourth-order valence-corrected chi connectivity index (χ4v) is 5.45. The Morgan fingerprint density at radius 1 is 1.12 bits per heavy atom. The molecule has 1 fully saturated rings. The molecule has 11 heteroatoms. The van der Waals surface area contributed by atoms with Gasteiger partial charge in [-0.25, -0.2) is 28.4 Å². The molecule has 8 nitrogen and oxygen atoms in total. The molecule has 0 radical (unpaired) electrons. The number of carbonyl (C=O) groups is 1. The molecule has 1 aliphatic heterocycles. The lowest BCUT2D eigenvalue weighted by Gasteiger charge is -2.27. The van der Waals surface area contributed by atoms with Gasteiger partial charge in [0.1, 0.15) is 28.0 Å². The van der Waals surface area contributed by atoms with Crippen molar-refractivity contribution < 1.29 is 28.2 Å². The summed E-state index contributed by atoms with van der Waals surface area (Å²) >= 11 is 1.09. The zero-order chi connectivity index (χ0) is 28.5. The third kappa shape index (κ3) is 5.52. The van der Waals surface area contributed by atoms with E-state index in [1.54, 1.807) is 42.5 Å². The number of fused-ring (bicyclic) bond motifs is 1. The number of hydrogen-bond donors (Lipinski definition) is 1. The van der Waals surface area contributed by atoms with Crippen molar-refractivity contribution in [3.8, 4) is 17.1 Å². The highest BCUT2D eigenvalue weighted by Crippen LogP contribution is 2.31. The molecule has 1 unspecified atom stereocenters. The summed E-state index contributed by atoms with van der Waals surface area (Å²) in [6.07, 6.45) is 1.09. The molecule has 0 spiro atoms. The smallest absolute Gasteiger partial charge is 0.346 e. The highest BCUT2D eigenvalue weighted by molar-refractivity contribution is 7.20. The Balaban J connectivity index is 1.23. The minimum absolute atomic E-state index is 0.00521. The van der Waals surface area contributed by atoms with E-state index in [9.17, 15) is 14.3 Å². The molecule has 1 atom stereocenters. The lowest BCUT2D eigenvalue weighted by molar-refractivity contribution is -0.0589. The van der Waals surface area contributed by atoms with Crippen molar-refractivity contribution in [1.29, 1.82) is 0 Å². The zero-order valence-corrected chi connectivity index (χ0v) is 22.3. The Labute approximate surface area is 237 Å². The maximum Gasteiger partial charge on any atom is 0.346 e. The summed E-state index contributed by atoms with van der Waals surface area (Å²) in [7, 11) is 0. The molecule has 206 valence electrons. The van der Waals surface area contributed by atoms with Crippen LogP contribution in [0, 0.1) is 18.2 Å². The van der Waals surface area contributed by atoms with Gasteiger partial charge in [-0.05, 0) is 41.8 Å². The van der Waals surface area contributed by atoms with Gasteiger partial charge in [0.2, 0.25) is 0 Å². The van der Waals surface area contributed by atoms with Crippen LogP contribution in [-0.4, -0.2) is 38.3 Å². The van der Waals surface area contributed by atoms with E-state index in [-0.39, 0.29) is 29.9 Å². The van der Waals surface area contributed by atoms with Gasteiger partial charge in [0.05, 0.1) is 30.4 Å². The van der Waals surface area contributed by atoms with Gasteiger partial charge >= 0.3 is 5.97 Å². The van der Waals surface area contributed by atoms with Crippen molar-refractivity contribution >= 4 is 33.3 Å². The van der Waals surface area contributed by atoms with E-state index in [2.05, 4.69) is 14.8 Å². The molecule has 1 saturated heterocycles. The predicted molar refractivity (Wildman–Crippen MR) is 148 cm³/mol. The van der Waals surface area contributed by atoms with Gasteiger partial charge in [0.25, 0.3) is 5.88 Å². The zero-order valence-electron chi connectivity index (χ0n) is 21.5. The fourth-order valence-electron chi connectivity index (χ4n) is 4.56. The first-order valence-corrected chi connectivity index (χ1v) is 13.6. The number of nitrogens with zero attached hydrogens (tertiary/aromatic N) is 4. The van der Waals surface area contributed by atoms with Gasteiger partial charge in [-0.3, -0.25) is 0 Å². The molecular weight excluding hydrogens is 550 g/mol. The number of pyridine rings is 1. The minimum atomic E-state index is -1.01. The number of aromatic nitrogens is 3. The number of halogens is 2. The number of benzene rings is 2. The molecule has 3 aromatic heterocycles. The van der Waals surface area contributed by atoms with Crippen molar-refractivity contribution in [3.63, 3.8) is 0 Å². The van der Waals surface area contributed by atoms with Crippen LogP contribution >= 0.6 is 11.3 Å². The van der Waals surface area contributed by atoms with Crippen LogP contribution in [0.4, 0.5) is 14.5 Å². The van der Waals surface area contributed by atoms with Gasteiger partial charge in [-0.2, -0.15) is 0 Å². The molecule has 6 rings (SSSR count). The first-order valence-electron chi connectivity index (χ1n) is 12.8. The van der Waals surface area contributed by atoms with Crippen LogP contribution in [0.1, 0.15) is 33.0 Å². The summed E-state index contributed by atoms with van der Waals surface area (Å²) in [6, 6.07) is 15.7. The van der Waals surface area contributed by atoms with Gasteiger partial charge < -0.3 is 19.1 Å². The minimum Gasteiger partial charge on any atom is -0.477 e. The first-order chi connectivity index (χ1) is 19.9. The van der Waals surface area contributed by atoms with E-state index < -0.39 is 17.6 Å². The lowest BCUT2D eigenvalue weighted by Crippen LogP contribution is -2.31. The van der Waals surface area contributed by atoms with Gasteiger partial charge in [-0.15, -0.1) is 11.3 Å². The number of thiophene rings is 1. The van der Waals surface area contributed by atoms with E-state index in [4.69, 9.17) is 16.0 Å². The predicted octanol–water partition coefficient (Wildman–Crippen LogP) is 6.65. The molecule has 0 aliphatic carbocycles. The number of aromatic carboxylic acids is 1.